The minimum absolute atomic E-state index is 0.0769. The molecule has 5 heteroatoms. The van der Waals surface area contributed by atoms with E-state index < -0.39 is 12.0 Å². The van der Waals surface area contributed by atoms with E-state index in [0.717, 1.165) is 6.42 Å². The van der Waals surface area contributed by atoms with Crippen LogP contribution in [0, 0.1) is 0 Å². The Morgan fingerprint density at radius 1 is 1.62 bits per heavy atom. The van der Waals surface area contributed by atoms with Gasteiger partial charge in [-0.2, -0.15) is 0 Å². The van der Waals surface area contributed by atoms with Gasteiger partial charge in [0.05, 0.1) is 13.7 Å². The molecule has 1 aliphatic heterocycles. The lowest BCUT2D eigenvalue weighted by atomic mass is 10.2. The Hall–Kier alpha value is -1.10. The number of hydrogen-bond acceptors (Lipinski definition) is 4. The summed E-state index contributed by atoms with van der Waals surface area (Å²) in [5, 5.41) is 8.78. The highest BCUT2D eigenvalue weighted by Crippen LogP contribution is 2.16. The molecule has 5 nitrogen and oxygen atoms in total. The van der Waals surface area contributed by atoms with E-state index in [2.05, 4.69) is 4.74 Å². The van der Waals surface area contributed by atoms with E-state index in [1.807, 2.05) is 0 Å². The van der Waals surface area contributed by atoms with Crippen molar-refractivity contribution in [3.8, 4) is 0 Å². The molecular formula is C8H13NO4. The molecule has 74 valence electrons. The number of carbonyl (C=O) groups excluding carboxylic acids is 1. The normalized spacial score (nSPS) is 23.0. The van der Waals surface area contributed by atoms with Crippen molar-refractivity contribution in [2.24, 2.45) is 0 Å². The number of hydrogen-bond donors (Lipinski definition) is 1. The molecule has 1 aliphatic rings. The van der Waals surface area contributed by atoms with Crippen LogP contribution in [0.1, 0.15) is 12.8 Å². The second-order valence-electron chi connectivity index (χ2n) is 3.04. The van der Waals surface area contributed by atoms with E-state index in [-0.39, 0.29) is 12.5 Å². The molecule has 0 saturated carbocycles. The standard InChI is InChI=1S/C8H13NO4/c1-13-7(10)5-9-4-2-3-6(9)8(11)12/h6H,2-5H2,1H3,(H,11,12). The van der Waals surface area contributed by atoms with Crippen LogP contribution in [0.15, 0.2) is 0 Å². The molecule has 1 fully saturated rings. The molecule has 0 aliphatic carbocycles. The second kappa shape index (κ2) is 4.23. The Kier molecular flexibility index (Phi) is 3.25. The van der Waals surface area contributed by atoms with E-state index in [1.54, 1.807) is 4.90 Å². The molecular weight excluding hydrogens is 174 g/mol. The number of aliphatic carboxylic acids is 1. The lowest BCUT2D eigenvalue weighted by Gasteiger charge is -2.18. The third kappa shape index (κ3) is 2.42. The van der Waals surface area contributed by atoms with Crippen molar-refractivity contribution in [3.63, 3.8) is 0 Å². The number of methoxy groups -OCH3 is 1. The molecule has 0 bridgehead atoms. The lowest BCUT2D eigenvalue weighted by Crippen LogP contribution is -2.39. The molecule has 0 spiro atoms. The van der Waals surface area contributed by atoms with Gasteiger partial charge in [-0.05, 0) is 19.4 Å². The zero-order valence-electron chi connectivity index (χ0n) is 7.52. The Morgan fingerprint density at radius 3 is 2.85 bits per heavy atom. The Morgan fingerprint density at radius 2 is 2.31 bits per heavy atom. The fourth-order valence-electron chi connectivity index (χ4n) is 1.53. The van der Waals surface area contributed by atoms with Gasteiger partial charge in [0, 0.05) is 0 Å². The number of esters is 1. The number of likely N-dealkylation sites (tertiary alicyclic amines) is 1. The highest BCUT2D eigenvalue weighted by Gasteiger charge is 2.31. The first-order valence-electron chi connectivity index (χ1n) is 4.19. The van der Waals surface area contributed by atoms with Crippen molar-refractivity contribution in [3.05, 3.63) is 0 Å². The second-order valence-corrected chi connectivity index (χ2v) is 3.04. The summed E-state index contributed by atoms with van der Waals surface area (Å²) >= 11 is 0. The predicted molar refractivity (Wildman–Crippen MR) is 44.2 cm³/mol. The number of carboxylic acids is 1. The van der Waals surface area contributed by atoms with Gasteiger partial charge in [0.1, 0.15) is 6.04 Å². The molecule has 0 aromatic rings. The fraction of sp³-hybridized carbons (Fsp3) is 0.750. The summed E-state index contributed by atoms with van der Waals surface area (Å²) in [6.07, 6.45) is 1.44. The van der Waals surface area contributed by atoms with E-state index in [1.165, 1.54) is 7.11 Å². The smallest absolute Gasteiger partial charge is 0.320 e. The average Bonchev–Trinajstić information content (AvgIpc) is 2.52. The maximum atomic E-state index is 10.9. The Bertz CT molecular complexity index is 216. The molecule has 13 heavy (non-hydrogen) atoms. The summed E-state index contributed by atoms with van der Waals surface area (Å²) in [6, 6.07) is -0.515. The molecule has 0 radical (unpaired) electrons. The van der Waals surface area contributed by atoms with Gasteiger partial charge >= 0.3 is 11.9 Å². The lowest BCUT2D eigenvalue weighted by molar-refractivity contribution is -0.146. The maximum Gasteiger partial charge on any atom is 0.320 e. The van der Waals surface area contributed by atoms with Crippen molar-refractivity contribution >= 4 is 11.9 Å². The quantitative estimate of drug-likeness (QED) is 0.615. The Labute approximate surface area is 76.3 Å². The molecule has 0 aromatic heterocycles. The molecule has 0 aromatic carbocycles. The molecule has 1 atom stereocenters. The Balaban J connectivity index is 2.48. The highest BCUT2D eigenvalue weighted by atomic mass is 16.5. The van der Waals surface area contributed by atoms with Crippen LogP contribution in [0.3, 0.4) is 0 Å². The van der Waals surface area contributed by atoms with Crippen LogP contribution in [0.2, 0.25) is 0 Å². The predicted octanol–water partition coefficient (Wildman–Crippen LogP) is -0.292. The number of carboxylic acid groups (broad SMARTS) is 1. The number of carbonyl (C=O) groups is 2. The van der Waals surface area contributed by atoms with Crippen LogP contribution < -0.4 is 0 Å². The summed E-state index contributed by atoms with van der Waals surface area (Å²) in [5.74, 6) is -1.24. The SMILES string of the molecule is COC(=O)CN1CCCC1C(=O)O. The van der Waals surface area contributed by atoms with E-state index in [0.29, 0.717) is 13.0 Å². The van der Waals surface area contributed by atoms with Crippen LogP contribution in [0.4, 0.5) is 0 Å². The van der Waals surface area contributed by atoms with Crippen molar-refractivity contribution in [1.29, 1.82) is 0 Å². The van der Waals surface area contributed by atoms with Crippen LogP contribution in [0.5, 0.6) is 0 Å². The zero-order chi connectivity index (χ0) is 9.84. The van der Waals surface area contributed by atoms with Crippen molar-refractivity contribution in [1.82, 2.24) is 4.90 Å². The first-order valence-corrected chi connectivity index (χ1v) is 4.19. The van der Waals surface area contributed by atoms with Gasteiger partial charge in [-0.15, -0.1) is 0 Å². The fourth-order valence-corrected chi connectivity index (χ4v) is 1.53. The number of ether oxygens (including phenoxy) is 1. The van der Waals surface area contributed by atoms with Crippen molar-refractivity contribution in [2.45, 2.75) is 18.9 Å². The van der Waals surface area contributed by atoms with Gasteiger partial charge < -0.3 is 9.84 Å². The highest BCUT2D eigenvalue weighted by molar-refractivity contribution is 5.76. The van der Waals surface area contributed by atoms with Gasteiger partial charge in [-0.1, -0.05) is 0 Å². The van der Waals surface area contributed by atoms with E-state index >= 15 is 0 Å². The summed E-state index contributed by atoms with van der Waals surface area (Å²) < 4.78 is 4.47. The third-order valence-corrected chi connectivity index (χ3v) is 2.21. The van der Waals surface area contributed by atoms with Crippen molar-refractivity contribution < 1.29 is 19.4 Å². The topological polar surface area (TPSA) is 66.8 Å². The number of rotatable bonds is 3. The van der Waals surface area contributed by atoms with E-state index in [9.17, 15) is 9.59 Å². The first kappa shape index (κ1) is 9.98. The minimum atomic E-state index is -0.860. The van der Waals surface area contributed by atoms with Crippen molar-refractivity contribution in [2.75, 3.05) is 20.2 Å². The van der Waals surface area contributed by atoms with Crippen LogP contribution >= 0.6 is 0 Å². The third-order valence-electron chi connectivity index (χ3n) is 2.21. The molecule has 1 saturated heterocycles. The first-order chi connectivity index (χ1) is 6.15. The molecule has 0 amide bonds. The van der Waals surface area contributed by atoms with E-state index in [4.69, 9.17) is 5.11 Å². The molecule has 1 N–H and O–H groups in total. The van der Waals surface area contributed by atoms with Crippen LogP contribution in [-0.2, 0) is 14.3 Å². The molecule has 1 heterocycles. The summed E-state index contributed by atoms with van der Waals surface area (Å²) in [6.45, 7) is 0.736. The van der Waals surface area contributed by atoms with Gasteiger partial charge in [-0.3, -0.25) is 14.5 Å². The van der Waals surface area contributed by atoms with Gasteiger partial charge in [0.2, 0.25) is 0 Å². The molecule has 1 rings (SSSR count). The molecule has 1 unspecified atom stereocenters. The summed E-state index contributed by atoms with van der Waals surface area (Å²) in [5.41, 5.74) is 0. The largest absolute Gasteiger partial charge is 0.480 e. The summed E-state index contributed by atoms with van der Waals surface area (Å²) in [7, 11) is 1.30. The van der Waals surface area contributed by atoms with Crippen LogP contribution in [0.25, 0.3) is 0 Å². The summed E-state index contributed by atoms with van der Waals surface area (Å²) in [4.78, 5) is 23.2. The van der Waals surface area contributed by atoms with Gasteiger partial charge in [-0.25, -0.2) is 0 Å². The van der Waals surface area contributed by atoms with Crippen LogP contribution in [-0.4, -0.2) is 48.2 Å². The minimum Gasteiger partial charge on any atom is -0.480 e. The van der Waals surface area contributed by atoms with Gasteiger partial charge in [0.25, 0.3) is 0 Å². The van der Waals surface area contributed by atoms with Gasteiger partial charge in [0.15, 0.2) is 0 Å². The maximum absolute atomic E-state index is 10.9. The average molecular weight is 187 g/mol. The zero-order valence-corrected chi connectivity index (χ0v) is 7.52. The number of nitrogens with zero attached hydrogens (tertiary/aromatic N) is 1. The monoisotopic (exact) mass is 187 g/mol.